The van der Waals surface area contributed by atoms with Crippen LogP contribution in [0.4, 0.5) is 5.88 Å². The van der Waals surface area contributed by atoms with Gasteiger partial charge >= 0.3 is 0 Å². The Bertz CT molecular complexity index is 901. The van der Waals surface area contributed by atoms with Crippen molar-refractivity contribution >= 4 is 22.6 Å². The second-order valence-corrected chi connectivity index (χ2v) is 6.18. The lowest BCUT2D eigenvalue weighted by Gasteiger charge is -2.12. The van der Waals surface area contributed by atoms with E-state index in [1.165, 1.54) is 0 Å². The number of nitrogens with one attached hydrogen (secondary N) is 2. The van der Waals surface area contributed by atoms with Gasteiger partial charge in [-0.05, 0) is 28.5 Å². The highest BCUT2D eigenvalue weighted by atomic mass is 16.5. The third-order valence-electron chi connectivity index (χ3n) is 4.23. The van der Waals surface area contributed by atoms with Crippen LogP contribution in [0, 0.1) is 5.41 Å². The number of anilines is 1. The average molecular weight is 338 g/mol. The van der Waals surface area contributed by atoms with Gasteiger partial charge in [0.05, 0.1) is 12.8 Å². The Labute approximate surface area is 146 Å². The quantitative estimate of drug-likeness (QED) is 0.557. The number of nitrogens with zero attached hydrogens (tertiary/aromatic N) is 2. The molecule has 3 rings (SSSR count). The number of hydrogen-bond donors (Lipinski definition) is 2. The van der Waals surface area contributed by atoms with Crippen LogP contribution in [0.25, 0.3) is 10.8 Å². The number of benzene rings is 2. The number of fused-ring (bicyclic) bond motifs is 1. The molecule has 1 unspecified atom stereocenters. The monoisotopic (exact) mass is 338 g/mol. The zero-order valence-corrected chi connectivity index (χ0v) is 14.8. The number of methoxy groups -OCH3 is 1. The van der Waals surface area contributed by atoms with Gasteiger partial charge in [-0.25, -0.2) is 0 Å². The maximum absolute atomic E-state index is 7.80. The molecule has 130 valence electrons. The van der Waals surface area contributed by atoms with Crippen LogP contribution in [0.5, 0.6) is 5.75 Å². The molecule has 0 spiro atoms. The summed E-state index contributed by atoms with van der Waals surface area (Å²) in [7, 11) is 5.25. The minimum absolute atomic E-state index is 0.0827. The molecule has 0 aliphatic carbocycles. The summed E-state index contributed by atoms with van der Waals surface area (Å²) >= 11 is 0. The van der Waals surface area contributed by atoms with Crippen molar-refractivity contribution in [2.75, 3.05) is 26.5 Å². The Morgan fingerprint density at radius 2 is 1.88 bits per heavy atom. The van der Waals surface area contributed by atoms with Crippen LogP contribution in [-0.4, -0.2) is 37.2 Å². The van der Waals surface area contributed by atoms with Crippen LogP contribution in [0.2, 0.25) is 0 Å². The molecule has 0 radical (unpaired) electrons. The Hall–Kier alpha value is -3.02. The highest BCUT2D eigenvalue weighted by Crippen LogP contribution is 2.29. The highest BCUT2D eigenvalue weighted by Gasteiger charge is 2.15. The van der Waals surface area contributed by atoms with E-state index in [1.54, 1.807) is 26.1 Å². The standard InChI is InChI=1S/C19H22N4O2/c1-12(17-11-18(25-22-17)21-19(20)23(2)3)13-5-6-15-10-16(24-4)8-7-14(15)9-13/h5-12H,1-4H3,(H2,20,21). The van der Waals surface area contributed by atoms with Crippen molar-refractivity contribution in [1.29, 1.82) is 5.41 Å². The second-order valence-electron chi connectivity index (χ2n) is 6.18. The van der Waals surface area contributed by atoms with Gasteiger partial charge < -0.3 is 14.2 Å². The largest absolute Gasteiger partial charge is 0.497 e. The van der Waals surface area contributed by atoms with Gasteiger partial charge in [0.15, 0.2) is 5.96 Å². The Balaban J connectivity index is 1.83. The summed E-state index contributed by atoms with van der Waals surface area (Å²) in [6.07, 6.45) is 0. The molecule has 2 aromatic carbocycles. The van der Waals surface area contributed by atoms with Crippen molar-refractivity contribution < 1.29 is 9.26 Å². The van der Waals surface area contributed by atoms with E-state index in [1.807, 2.05) is 18.2 Å². The number of hydrogen-bond acceptors (Lipinski definition) is 4. The molecule has 0 saturated heterocycles. The molecule has 0 bridgehead atoms. The van der Waals surface area contributed by atoms with E-state index in [0.717, 1.165) is 27.8 Å². The van der Waals surface area contributed by atoms with E-state index in [9.17, 15) is 0 Å². The summed E-state index contributed by atoms with van der Waals surface area (Å²) in [5, 5.41) is 17.1. The second kappa shape index (κ2) is 6.84. The molecular formula is C19H22N4O2. The number of guanidine groups is 1. The normalized spacial score (nSPS) is 12.0. The van der Waals surface area contributed by atoms with Crippen LogP contribution >= 0.6 is 0 Å². The van der Waals surface area contributed by atoms with Gasteiger partial charge in [0.1, 0.15) is 5.75 Å². The van der Waals surface area contributed by atoms with Crippen molar-refractivity contribution in [3.8, 4) is 5.75 Å². The van der Waals surface area contributed by atoms with E-state index >= 15 is 0 Å². The topological polar surface area (TPSA) is 74.4 Å². The van der Waals surface area contributed by atoms with Crippen molar-refractivity contribution in [1.82, 2.24) is 10.1 Å². The van der Waals surface area contributed by atoms with Gasteiger partial charge in [-0.2, -0.15) is 0 Å². The van der Waals surface area contributed by atoms with Crippen molar-refractivity contribution in [3.63, 3.8) is 0 Å². The molecule has 0 saturated carbocycles. The maximum atomic E-state index is 7.80. The molecule has 1 heterocycles. The molecule has 0 amide bonds. The van der Waals surface area contributed by atoms with E-state index in [0.29, 0.717) is 5.88 Å². The Morgan fingerprint density at radius 1 is 1.16 bits per heavy atom. The lowest BCUT2D eigenvalue weighted by atomic mass is 9.95. The van der Waals surface area contributed by atoms with Crippen LogP contribution in [0.15, 0.2) is 47.0 Å². The molecule has 25 heavy (non-hydrogen) atoms. The van der Waals surface area contributed by atoms with E-state index in [4.69, 9.17) is 14.7 Å². The summed E-state index contributed by atoms with van der Waals surface area (Å²) < 4.78 is 10.6. The first kappa shape index (κ1) is 16.8. The van der Waals surface area contributed by atoms with Crippen LogP contribution in [-0.2, 0) is 0 Å². The summed E-state index contributed by atoms with van der Waals surface area (Å²) in [6.45, 7) is 2.09. The first-order valence-corrected chi connectivity index (χ1v) is 8.05. The van der Waals surface area contributed by atoms with Crippen LogP contribution < -0.4 is 10.1 Å². The Morgan fingerprint density at radius 3 is 2.60 bits per heavy atom. The van der Waals surface area contributed by atoms with Crippen LogP contribution in [0.1, 0.15) is 24.1 Å². The predicted molar refractivity (Wildman–Crippen MR) is 99.6 cm³/mol. The molecule has 6 nitrogen and oxygen atoms in total. The summed E-state index contributed by atoms with van der Waals surface area (Å²) in [6, 6.07) is 14.2. The van der Waals surface area contributed by atoms with E-state index in [-0.39, 0.29) is 11.9 Å². The third-order valence-corrected chi connectivity index (χ3v) is 4.23. The minimum Gasteiger partial charge on any atom is -0.497 e. The number of ether oxygens (including phenoxy) is 1. The first-order chi connectivity index (χ1) is 12.0. The van der Waals surface area contributed by atoms with Gasteiger partial charge in [0.2, 0.25) is 5.88 Å². The fourth-order valence-corrected chi connectivity index (χ4v) is 2.59. The summed E-state index contributed by atoms with van der Waals surface area (Å²) in [5.41, 5.74) is 1.97. The molecular weight excluding hydrogens is 316 g/mol. The SMILES string of the molecule is COc1ccc2cc(C(C)c3cc(NC(=N)N(C)C)on3)ccc2c1. The molecule has 0 aliphatic heterocycles. The molecule has 2 N–H and O–H groups in total. The maximum Gasteiger partial charge on any atom is 0.231 e. The summed E-state index contributed by atoms with van der Waals surface area (Å²) in [4.78, 5) is 1.66. The van der Waals surface area contributed by atoms with Gasteiger partial charge in [-0.1, -0.05) is 36.3 Å². The first-order valence-electron chi connectivity index (χ1n) is 8.05. The van der Waals surface area contributed by atoms with Gasteiger partial charge in [0.25, 0.3) is 0 Å². The molecule has 1 aromatic heterocycles. The fourth-order valence-electron chi connectivity index (χ4n) is 2.59. The smallest absolute Gasteiger partial charge is 0.231 e. The Kier molecular flexibility index (Phi) is 4.61. The number of rotatable bonds is 4. The van der Waals surface area contributed by atoms with E-state index < -0.39 is 0 Å². The van der Waals surface area contributed by atoms with Crippen LogP contribution in [0.3, 0.4) is 0 Å². The number of aromatic nitrogens is 1. The molecule has 0 fully saturated rings. The zero-order valence-electron chi connectivity index (χ0n) is 14.8. The molecule has 1 atom stereocenters. The van der Waals surface area contributed by atoms with Gasteiger partial charge in [-0.15, -0.1) is 0 Å². The minimum atomic E-state index is 0.0827. The van der Waals surface area contributed by atoms with Gasteiger partial charge in [-0.3, -0.25) is 10.7 Å². The molecule has 6 heteroatoms. The van der Waals surface area contributed by atoms with E-state index in [2.05, 4.69) is 41.7 Å². The fraction of sp³-hybridized carbons (Fsp3) is 0.263. The van der Waals surface area contributed by atoms with Crippen molar-refractivity contribution in [2.24, 2.45) is 0 Å². The predicted octanol–water partition coefficient (Wildman–Crippen LogP) is 3.90. The molecule has 0 aliphatic rings. The molecule has 3 aromatic rings. The lowest BCUT2D eigenvalue weighted by molar-refractivity contribution is 0.415. The zero-order chi connectivity index (χ0) is 18.0. The van der Waals surface area contributed by atoms with Crippen molar-refractivity contribution in [2.45, 2.75) is 12.8 Å². The summed E-state index contributed by atoms with van der Waals surface area (Å²) in [5.74, 6) is 1.64. The average Bonchev–Trinajstić information content (AvgIpc) is 3.08. The van der Waals surface area contributed by atoms with Gasteiger partial charge in [0, 0.05) is 26.1 Å². The highest BCUT2D eigenvalue weighted by molar-refractivity contribution is 5.89. The lowest BCUT2D eigenvalue weighted by Crippen LogP contribution is -2.27. The van der Waals surface area contributed by atoms with Crippen molar-refractivity contribution in [3.05, 3.63) is 53.7 Å². The third kappa shape index (κ3) is 3.57.